The predicted molar refractivity (Wildman–Crippen MR) is 43.0 cm³/mol. The molecule has 0 aliphatic carbocycles. The molecule has 0 rings (SSSR count). The van der Waals surface area contributed by atoms with Crippen molar-refractivity contribution in [2.24, 2.45) is 0 Å². The summed E-state index contributed by atoms with van der Waals surface area (Å²) >= 11 is 0. The maximum absolute atomic E-state index is 10.3. The normalized spacial score (nSPS) is 13.4. The third kappa shape index (κ3) is 4.46. The van der Waals surface area contributed by atoms with E-state index in [0.29, 0.717) is 6.42 Å². The van der Waals surface area contributed by atoms with E-state index < -0.39 is 15.4 Å². The molecule has 0 aromatic heterocycles. The summed E-state index contributed by atoms with van der Waals surface area (Å²) in [6.07, 6.45) is 1.58. The molecule has 0 aromatic carbocycles. The molecular formula is C5H11NaO3S. The zero-order valence-electron chi connectivity index (χ0n) is 5.24. The van der Waals surface area contributed by atoms with Gasteiger partial charge < -0.3 is 0 Å². The van der Waals surface area contributed by atoms with Crippen molar-refractivity contribution in [2.75, 3.05) is 0 Å². The second kappa shape index (κ2) is 5.32. The molecule has 0 amide bonds. The molecule has 1 N–H and O–H groups in total. The van der Waals surface area contributed by atoms with Gasteiger partial charge in [-0.3, -0.25) is 4.55 Å². The van der Waals surface area contributed by atoms with Crippen LogP contribution in [0.3, 0.4) is 0 Å². The fourth-order valence-electron chi connectivity index (χ4n) is 0.499. The molecule has 56 valence electrons. The van der Waals surface area contributed by atoms with Gasteiger partial charge in [0.25, 0.3) is 10.1 Å². The predicted octanol–water partition coefficient (Wildman–Crippen LogP) is 0.190. The summed E-state index contributed by atoms with van der Waals surface area (Å²) in [6, 6.07) is 0. The third-order valence-corrected chi connectivity index (χ3v) is 2.34. The van der Waals surface area contributed by atoms with Crippen molar-refractivity contribution in [3.8, 4) is 0 Å². The van der Waals surface area contributed by atoms with E-state index in [4.69, 9.17) is 4.55 Å². The molecule has 0 bridgehead atoms. The molecule has 3 nitrogen and oxygen atoms in total. The summed E-state index contributed by atoms with van der Waals surface area (Å²) in [5, 5.41) is -0.808. The zero-order valence-corrected chi connectivity index (χ0v) is 6.06. The molecule has 1 unspecified atom stereocenters. The van der Waals surface area contributed by atoms with Crippen molar-refractivity contribution in [1.29, 1.82) is 0 Å². The summed E-state index contributed by atoms with van der Waals surface area (Å²) < 4.78 is 28.9. The van der Waals surface area contributed by atoms with Crippen molar-refractivity contribution in [3.63, 3.8) is 0 Å². The van der Waals surface area contributed by atoms with Crippen LogP contribution in [0.5, 0.6) is 0 Å². The minimum absolute atomic E-state index is 0. The molecule has 0 aromatic rings. The summed E-state index contributed by atoms with van der Waals surface area (Å²) in [5.41, 5.74) is 0. The Bertz CT molecular complexity index is 185. The first-order valence-electron chi connectivity index (χ1n) is 2.61. The van der Waals surface area contributed by atoms with Gasteiger partial charge >= 0.3 is 29.6 Å². The van der Waals surface area contributed by atoms with Gasteiger partial charge in [-0.25, -0.2) is 0 Å². The maximum atomic E-state index is 10.3. The molecule has 0 aliphatic rings. The molecule has 0 radical (unpaired) electrons. The van der Waals surface area contributed by atoms with Crippen molar-refractivity contribution in [2.45, 2.75) is 18.6 Å². The first-order valence-corrected chi connectivity index (χ1v) is 4.11. The van der Waals surface area contributed by atoms with Crippen LogP contribution in [0.2, 0.25) is 0 Å². The average molecular weight is 174 g/mol. The first kappa shape index (κ1) is 13.3. The fraction of sp³-hybridized carbons (Fsp3) is 0.600. The van der Waals surface area contributed by atoms with Crippen molar-refractivity contribution in [3.05, 3.63) is 12.7 Å². The van der Waals surface area contributed by atoms with E-state index in [1.54, 1.807) is 6.92 Å². The number of rotatable bonds is 3. The molecule has 0 heterocycles. The SMILES string of the molecule is C=CC(CC)S(=O)(=O)O.[NaH]. The van der Waals surface area contributed by atoms with E-state index in [0.717, 1.165) is 0 Å². The Hall–Kier alpha value is 0.650. The van der Waals surface area contributed by atoms with E-state index >= 15 is 0 Å². The van der Waals surface area contributed by atoms with Crippen molar-refractivity contribution >= 4 is 39.7 Å². The van der Waals surface area contributed by atoms with Gasteiger partial charge in [0, 0.05) is 0 Å². The quantitative estimate of drug-likeness (QED) is 0.377. The topological polar surface area (TPSA) is 54.4 Å². The van der Waals surface area contributed by atoms with E-state index in [9.17, 15) is 8.42 Å². The van der Waals surface area contributed by atoms with Crippen molar-refractivity contribution < 1.29 is 13.0 Å². The van der Waals surface area contributed by atoms with E-state index in [-0.39, 0.29) is 29.6 Å². The first-order chi connectivity index (χ1) is 4.02. The Morgan fingerprint density at radius 1 is 1.70 bits per heavy atom. The van der Waals surface area contributed by atoms with E-state index in [1.807, 2.05) is 0 Å². The van der Waals surface area contributed by atoms with Gasteiger partial charge in [-0.05, 0) is 6.42 Å². The Morgan fingerprint density at radius 2 is 2.10 bits per heavy atom. The van der Waals surface area contributed by atoms with Crippen LogP contribution >= 0.6 is 0 Å². The molecule has 0 saturated carbocycles. The Morgan fingerprint density at radius 3 is 2.10 bits per heavy atom. The monoisotopic (exact) mass is 174 g/mol. The van der Waals surface area contributed by atoms with Gasteiger partial charge in [-0.15, -0.1) is 6.58 Å². The van der Waals surface area contributed by atoms with Crippen LogP contribution < -0.4 is 0 Å². The van der Waals surface area contributed by atoms with Gasteiger partial charge in [0.1, 0.15) is 5.25 Å². The van der Waals surface area contributed by atoms with E-state index in [2.05, 4.69) is 6.58 Å². The molecule has 0 fully saturated rings. The fourth-order valence-corrected chi connectivity index (χ4v) is 1.16. The molecule has 0 spiro atoms. The van der Waals surface area contributed by atoms with Crippen LogP contribution in [-0.4, -0.2) is 47.8 Å². The molecule has 5 heteroatoms. The molecule has 0 saturated heterocycles. The minimum atomic E-state index is -3.88. The standard InChI is InChI=1S/C5H10O3S.Na.H/c1-3-5(4-2)9(6,7)8;;/h3,5H,1,4H2,2H3,(H,6,7,8);;. The van der Waals surface area contributed by atoms with Gasteiger partial charge in [-0.2, -0.15) is 8.42 Å². The average Bonchev–Trinajstić information content (AvgIpc) is 1.65. The van der Waals surface area contributed by atoms with Gasteiger partial charge in [-0.1, -0.05) is 13.0 Å². The van der Waals surface area contributed by atoms with Crippen LogP contribution in [-0.2, 0) is 10.1 Å². The molecule has 0 aliphatic heterocycles. The number of hydrogen-bond acceptors (Lipinski definition) is 2. The number of hydrogen-bond donors (Lipinski definition) is 1. The van der Waals surface area contributed by atoms with Crippen molar-refractivity contribution in [1.82, 2.24) is 0 Å². The third-order valence-electron chi connectivity index (χ3n) is 1.05. The van der Waals surface area contributed by atoms with Crippen LogP contribution in [0.25, 0.3) is 0 Å². The van der Waals surface area contributed by atoms with Crippen LogP contribution in [0.1, 0.15) is 13.3 Å². The Balaban J connectivity index is 0. The molecule has 1 atom stereocenters. The summed E-state index contributed by atoms with van der Waals surface area (Å²) in [5.74, 6) is 0. The second-order valence-electron chi connectivity index (χ2n) is 1.70. The van der Waals surface area contributed by atoms with Crippen LogP contribution in [0, 0.1) is 0 Å². The van der Waals surface area contributed by atoms with Gasteiger partial charge in [0.2, 0.25) is 0 Å². The Labute approximate surface area is 83.6 Å². The summed E-state index contributed by atoms with van der Waals surface area (Å²) in [7, 11) is -3.88. The molecular weight excluding hydrogens is 163 g/mol. The van der Waals surface area contributed by atoms with E-state index in [1.165, 1.54) is 6.08 Å². The molecule has 10 heavy (non-hydrogen) atoms. The summed E-state index contributed by atoms with van der Waals surface area (Å²) in [6.45, 7) is 4.93. The Kier molecular flexibility index (Phi) is 7.05. The zero-order chi connectivity index (χ0) is 7.49. The second-order valence-corrected chi connectivity index (χ2v) is 3.33. The van der Waals surface area contributed by atoms with Gasteiger partial charge in [0.05, 0.1) is 0 Å². The van der Waals surface area contributed by atoms with Crippen LogP contribution in [0.15, 0.2) is 12.7 Å². The summed E-state index contributed by atoms with van der Waals surface area (Å²) in [4.78, 5) is 0. The van der Waals surface area contributed by atoms with Gasteiger partial charge in [0.15, 0.2) is 0 Å². The van der Waals surface area contributed by atoms with Crippen LogP contribution in [0.4, 0.5) is 0 Å².